The van der Waals surface area contributed by atoms with Gasteiger partial charge in [-0.2, -0.15) is 0 Å². The lowest BCUT2D eigenvalue weighted by Gasteiger charge is -2.18. The largest absolute Gasteiger partial charge is 0.357 e. The maximum atomic E-state index is 13.6. The van der Waals surface area contributed by atoms with E-state index in [1.807, 2.05) is 0 Å². The molecule has 0 fully saturated rings. The van der Waals surface area contributed by atoms with Gasteiger partial charge in [0.1, 0.15) is 11.7 Å². The van der Waals surface area contributed by atoms with E-state index >= 15 is 0 Å². The molecule has 0 saturated carbocycles. The van der Waals surface area contributed by atoms with Crippen LogP contribution < -0.4 is 10.6 Å². The van der Waals surface area contributed by atoms with Gasteiger partial charge in [-0.1, -0.05) is 13.0 Å². The number of hydrogen-bond donors (Lipinski definition) is 3. The van der Waals surface area contributed by atoms with Crippen LogP contribution in [-0.4, -0.2) is 29.6 Å². The predicted molar refractivity (Wildman–Crippen MR) is 95.5 cm³/mol. The zero-order valence-corrected chi connectivity index (χ0v) is 15.5. The van der Waals surface area contributed by atoms with E-state index in [9.17, 15) is 23.2 Å². The number of benzene rings is 1. The molecule has 1 unspecified atom stereocenters. The quantitative estimate of drug-likeness (QED) is 0.676. The summed E-state index contributed by atoms with van der Waals surface area (Å²) in [5.74, 6) is -3.58. The zero-order valence-electron chi connectivity index (χ0n) is 15.5. The molecular weight excluding hydrogens is 356 g/mol. The Morgan fingerprint density at radius 2 is 1.85 bits per heavy atom. The van der Waals surface area contributed by atoms with Gasteiger partial charge < -0.3 is 15.6 Å². The molecule has 27 heavy (non-hydrogen) atoms. The number of aromatic nitrogens is 1. The maximum Gasteiger partial charge on any atom is 0.268 e. The summed E-state index contributed by atoms with van der Waals surface area (Å²) < 4.78 is 26.8. The van der Waals surface area contributed by atoms with Crippen molar-refractivity contribution in [1.82, 2.24) is 15.6 Å². The molecule has 0 aliphatic heterocycles. The second-order valence-electron chi connectivity index (χ2n) is 6.08. The minimum atomic E-state index is -1.23. The molecule has 2 amide bonds. The molecule has 0 radical (unpaired) electrons. The highest BCUT2D eigenvalue weighted by molar-refractivity contribution is 6.03. The molecule has 2 rings (SSSR count). The second-order valence-corrected chi connectivity index (χ2v) is 6.08. The van der Waals surface area contributed by atoms with Crippen molar-refractivity contribution in [2.45, 2.75) is 33.2 Å². The van der Waals surface area contributed by atoms with Gasteiger partial charge in [0, 0.05) is 18.3 Å². The van der Waals surface area contributed by atoms with Crippen LogP contribution in [0.4, 0.5) is 8.78 Å². The van der Waals surface area contributed by atoms with Crippen molar-refractivity contribution in [3.63, 3.8) is 0 Å². The van der Waals surface area contributed by atoms with E-state index in [1.165, 1.54) is 20.0 Å². The molecule has 144 valence electrons. The highest BCUT2D eigenvalue weighted by Crippen LogP contribution is 2.22. The molecule has 1 atom stereocenters. The summed E-state index contributed by atoms with van der Waals surface area (Å²) in [6, 6.07) is 1.74. The van der Waals surface area contributed by atoms with Crippen molar-refractivity contribution in [3.8, 4) is 0 Å². The number of carbonyl (C=O) groups excluding carboxylic acids is 3. The van der Waals surface area contributed by atoms with Gasteiger partial charge in [-0.25, -0.2) is 8.78 Å². The molecule has 1 aromatic heterocycles. The number of H-pyrrole nitrogens is 1. The number of Topliss-reactive ketones (excluding diaryl/α,β-unsaturated/α-hetero) is 1. The molecule has 0 spiro atoms. The fraction of sp³-hybridized carbons (Fsp3) is 0.316. The summed E-state index contributed by atoms with van der Waals surface area (Å²) in [6.07, 6.45) is 0.428. The van der Waals surface area contributed by atoms with Crippen LogP contribution >= 0.6 is 0 Å². The molecular formula is C19H21F2N3O3. The number of amides is 2. The topological polar surface area (TPSA) is 91.1 Å². The van der Waals surface area contributed by atoms with Crippen molar-refractivity contribution in [2.24, 2.45) is 0 Å². The van der Waals surface area contributed by atoms with Crippen LogP contribution in [0.1, 0.15) is 57.6 Å². The van der Waals surface area contributed by atoms with Gasteiger partial charge in [0.2, 0.25) is 5.91 Å². The van der Waals surface area contributed by atoms with E-state index < -0.39 is 29.5 Å². The number of ketones is 1. The lowest BCUT2D eigenvalue weighted by Crippen LogP contribution is -2.39. The highest BCUT2D eigenvalue weighted by Gasteiger charge is 2.27. The number of nitrogens with one attached hydrogen (secondary N) is 3. The fourth-order valence-corrected chi connectivity index (χ4v) is 3.04. The minimum Gasteiger partial charge on any atom is -0.357 e. The third-order valence-corrected chi connectivity index (χ3v) is 4.28. The van der Waals surface area contributed by atoms with Crippen LogP contribution in [0, 0.1) is 18.6 Å². The van der Waals surface area contributed by atoms with E-state index in [0.29, 0.717) is 23.2 Å². The van der Waals surface area contributed by atoms with Gasteiger partial charge in [0.15, 0.2) is 17.4 Å². The molecule has 1 heterocycles. The molecule has 0 aliphatic carbocycles. The van der Waals surface area contributed by atoms with Crippen LogP contribution in [-0.2, 0) is 11.2 Å². The van der Waals surface area contributed by atoms with E-state index in [-0.39, 0.29) is 17.0 Å². The van der Waals surface area contributed by atoms with Crippen molar-refractivity contribution < 1.29 is 23.2 Å². The van der Waals surface area contributed by atoms with Crippen LogP contribution in [0.25, 0.3) is 0 Å². The van der Waals surface area contributed by atoms with Crippen LogP contribution in [0.15, 0.2) is 18.2 Å². The first-order chi connectivity index (χ1) is 12.7. The lowest BCUT2D eigenvalue weighted by molar-refractivity contribution is -0.122. The molecule has 0 bridgehead atoms. The SMILES string of the molecule is CCc1c(C(=O)NC(C(=O)NC)c2ccc(F)c(F)c2)[nH]c(C)c1C(C)=O. The normalized spacial score (nSPS) is 11.8. The number of aromatic amines is 1. The van der Waals surface area contributed by atoms with Gasteiger partial charge in [0.05, 0.1) is 0 Å². The minimum absolute atomic E-state index is 0.0923. The Morgan fingerprint density at radius 3 is 2.37 bits per heavy atom. The Kier molecular flexibility index (Phi) is 6.09. The summed E-state index contributed by atoms with van der Waals surface area (Å²) in [7, 11) is 1.37. The van der Waals surface area contributed by atoms with E-state index in [0.717, 1.165) is 12.1 Å². The molecule has 2 aromatic rings. The fourth-order valence-electron chi connectivity index (χ4n) is 3.04. The van der Waals surface area contributed by atoms with Crippen LogP contribution in [0.2, 0.25) is 0 Å². The van der Waals surface area contributed by atoms with Gasteiger partial charge >= 0.3 is 0 Å². The number of likely N-dealkylation sites (N-methyl/N-ethyl adjacent to an activating group) is 1. The number of rotatable bonds is 6. The maximum absolute atomic E-state index is 13.6. The molecule has 0 aliphatic rings. The van der Waals surface area contributed by atoms with Crippen LogP contribution in [0.5, 0.6) is 0 Å². The summed E-state index contributed by atoms with van der Waals surface area (Å²) in [6.45, 7) is 4.89. The highest BCUT2D eigenvalue weighted by atomic mass is 19.2. The molecule has 6 nitrogen and oxygen atoms in total. The summed E-state index contributed by atoms with van der Waals surface area (Å²) in [4.78, 5) is 39.7. The third kappa shape index (κ3) is 4.05. The molecule has 8 heteroatoms. The van der Waals surface area contributed by atoms with Crippen LogP contribution in [0.3, 0.4) is 0 Å². The summed E-state index contributed by atoms with van der Waals surface area (Å²) >= 11 is 0. The van der Waals surface area contributed by atoms with Crippen molar-refractivity contribution >= 4 is 17.6 Å². The van der Waals surface area contributed by atoms with E-state index in [4.69, 9.17) is 0 Å². The van der Waals surface area contributed by atoms with Gasteiger partial charge in [0.25, 0.3) is 5.91 Å². The Bertz CT molecular complexity index is 906. The first-order valence-corrected chi connectivity index (χ1v) is 8.41. The summed E-state index contributed by atoms with van der Waals surface area (Å²) in [5.41, 5.74) is 1.78. The average Bonchev–Trinajstić information content (AvgIpc) is 2.97. The number of aryl methyl sites for hydroxylation is 1. The molecule has 3 N–H and O–H groups in total. The number of halogens is 2. The number of hydrogen-bond acceptors (Lipinski definition) is 3. The second kappa shape index (κ2) is 8.11. The zero-order chi connectivity index (χ0) is 20.3. The van der Waals surface area contributed by atoms with Crippen molar-refractivity contribution in [1.29, 1.82) is 0 Å². The van der Waals surface area contributed by atoms with E-state index in [2.05, 4.69) is 15.6 Å². The Hall–Kier alpha value is -3.03. The Labute approximate surface area is 155 Å². The van der Waals surface area contributed by atoms with Crippen molar-refractivity contribution in [2.75, 3.05) is 7.05 Å². The molecule has 1 aromatic carbocycles. The first-order valence-electron chi connectivity index (χ1n) is 8.41. The smallest absolute Gasteiger partial charge is 0.268 e. The Morgan fingerprint density at radius 1 is 1.19 bits per heavy atom. The molecule has 0 saturated heterocycles. The first kappa shape index (κ1) is 20.3. The van der Waals surface area contributed by atoms with Crippen molar-refractivity contribution in [3.05, 3.63) is 57.9 Å². The lowest BCUT2D eigenvalue weighted by atomic mass is 10.0. The number of carbonyl (C=O) groups is 3. The van der Waals surface area contributed by atoms with Gasteiger partial charge in [-0.3, -0.25) is 14.4 Å². The standard InChI is InChI=1S/C19H21F2N3O3/c1-5-12-15(10(3)25)9(2)23-17(12)19(27)24-16(18(26)22-4)11-6-7-13(20)14(21)8-11/h6-8,16,23H,5H2,1-4H3,(H,22,26)(H,24,27). The Balaban J connectivity index is 2.43. The average molecular weight is 377 g/mol. The summed E-state index contributed by atoms with van der Waals surface area (Å²) in [5, 5.41) is 4.90. The third-order valence-electron chi connectivity index (χ3n) is 4.28. The van der Waals surface area contributed by atoms with E-state index in [1.54, 1.807) is 13.8 Å². The van der Waals surface area contributed by atoms with Gasteiger partial charge in [-0.05, 0) is 43.5 Å². The monoisotopic (exact) mass is 377 g/mol. The predicted octanol–water partition coefficient (Wildman–Crippen LogP) is 2.58. The van der Waals surface area contributed by atoms with Gasteiger partial charge in [-0.15, -0.1) is 0 Å².